The predicted octanol–water partition coefficient (Wildman–Crippen LogP) is 5.43. The number of esters is 1. The molecule has 0 saturated heterocycles. The molecular formula is C28H25N3O4S. The van der Waals surface area contributed by atoms with Gasteiger partial charge in [-0.1, -0.05) is 43.3 Å². The maximum Gasteiger partial charge on any atom is 0.329 e. The van der Waals surface area contributed by atoms with E-state index in [0.717, 1.165) is 32.4 Å². The summed E-state index contributed by atoms with van der Waals surface area (Å²) in [6, 6.07) is 20.1. The molecule has 0 radical (unpaired) electrons. The number of aromatic nitrogens is 2. The van der Waals surface area contributed by atoms with Gasteiger partial charge in [0.05, 0.1) is 17.1 Å². The van der Waals surface area contributed by atoms with Gasteiger partial charge in [0.25, 0.3) is 5.91 Å². The van der Waals surface area contributed by atoms with Crippen molar-refractivity contribution >= 4 is 28.9 Å². The highest BCUT2D eigenvalue weighted by Crippen LogP contribution is 2.40. The Kier molecular flexibility index (Phi) is 6.77. The first-order chi connectivity index (χ1) is 17.5. The fourth-order valence-corrected chi connectivity index (χ4v) is 5.12. The lowest BCUT2D eigenvalue weighted by atomic mass is 10.1. The number of carbonyl (C=O) groups is 2. The highest BCUT2D eigenvalue weighted by atomic mass is 32.1. The van der Waals surface area contributed by atoms with Gasteiger partial charge in [-0.05, 0) is 49.2 Å². The zero-order valence-corrected chi connectivity index (χ0v) is 20.8. The summed E-state index contributed by atoms with van der Waals surface area (Å²) in [6.45, 7) is 3.89. The minimum Gasteiger partial charge on any atom is -0.482 e. The second-order valence-corrected chi connectivity index (χ2v) is 9.59. The lowest BCUT2D eigenvalue weighted by molar-refractivity contribution is -0.148. The van der Waals surface area contributed by atoms with Crippen LogP contribution in [0.15, 0.2) is 72.9 Å². The smallest absolute Gasteiger partial charge is 0.329 e. The van der Waals surface area contributed by atoms with E-state index in [-0.39, 0.29) is 19.1 Å². The van der Waals surface area contributed by atoms with Crippen molar-refractivity contribution < 1.29 is 19.1 Å². The van der Waals surface area contributed by atoms with Gasteiger partial charge in [-0.2, -0.15) is 0 Å². The molecule has 2 aromatic carbocycles. The number of ether oxygens (including phenoxy) is 2. The average molecular weight is 500 g/mol. The van der Waals surface area contributed by atoms with Crippen LogP contribution in [0.2, 0.25) is 0 Å². The van der Waals surface area contributed by atoms with Gasteiger partial charge >= 0.3 is 5.97 Å². The molecule has 2 aromatic heterocycles. The Labute approximate surface area is 213 Å². The molecule has 1 aliphatic heterocycles. The van der Waals surface area contributed by atoms with Crippen LogP contribution in [0, 0.1) is 6.92 Å². The van der Waals surface area contributed by atoms with E-state index in [1.54, 1.807) is 17.5 Å². The molecule has 0 bridgehead atoms. The summed E-state index contributed by atoms with van der Waals surface area (Å²) in [5, 5.41) is 0.820. The predicted molar refractivity (Wildman–Crippen MR) is 139 cm³/mol. The van der Waals surface area contributed by atoms with Crippen molar-refractivity contribution in [1.29, 1.82) is 0 Å². The number of aryl methyl sites for hydroxylation is 1. The van der Waals surface area contributed by atoms with Crippen LogP contribution in [0.5, 0.6) is 5.75 Å². The number of fused-ring (bicyclic) bond motifs is 1. The molecular weight excluding hydrogens is 474 g/mol. The lowest BCUT2D eigenvalue weighted by Crippen LogP contribution is -2.49. The second-order valence-electron chi connectivity index (χ2n) is 8.39. The standard InChI is InChI=1S/C28H25N3O4S/c1-3-22(28(33)35-16-19-9-5-4-6-10-19)31-23-15-20(12-13-24(23)34-17-25(31)32)26-18(2)36-27(30-26)21-11-7-8-14-29-21/h4-15,22H,3,16-17H2,1-2H3. The van der Waals surface area contributed by atoms with Crippen LogP contribution in [-0.4, -0.2) is 34.5 Å². The molecule has 4 aromatic rings. The van der Waals surface area contributed by atoms with Gasteiger partial charge in [0, 0.05) is 16.6 Å². The number of thiazole rings is 1. The first-order valence-corrected chi connectivity index (χ1v) is 12.6. The van der Waals surface area contributed by atoms with Crippen molar-refractivity contribution in [3.05, 3.63) is 83.4 Å². The zero-order chi connectivity index (χ0) is 25.1. The molecule has 1 atom stereocenters. The summed E-state index contributed by atoms with van der Waals surface area (Å²) < 4.78 is 11.3. The number of carbonyl (C=O) groups excluding carboxylic acids is 2. The minimum atomic E-state index is -0.764. The van der Waals surface area contributed by atoms with E-state index in [2.05, 4.69) is 4.98 Å². The Hall–Kier alpha value is -4.04. The molecule has 1 amide bonds. The number of hydrogen-bond acceptors (Lipinski definition) is 7. The Morgan fingerprint density at radius 3 is 2.69 bits per heavy atom. The Balaban J connectivity index is 1.45. The van der Waals surface area contributed by atoms with Crippen molar-refractivity contribution in [2.45, 2.75) is 32.9 Å². The minimum absolute atomic E-state index is 0.131. The number of anilines is 1. The molecule has 182 valence electrons. The Morgan fingerprint density at radius 2 is 1.94 bits per heavy atom. The van der Waals surface area contributed by atoms with Crippen LogP contribution in [0.4, 0.5) is 5.69 Å². The highest BCUT2D eigenvalue weighted by Gasteiger charge is 2.36. The fourth-order valence-electron chi connectivity index (χ4n) is 4.20. The number of benzene rings is 2. The third-order valence-corrected chi connectivity index (χ3v) is 6.98. The highest BCUT2D eigenvalue weighted by molar-refractivity contribution is 7.15. The van der Waals surface area contributed by atoms with E-state index < -0.39 is 12.0 Å². The van der Waals surface area contributed by atoms with Crippen molar-refractivity contribution in [1.82, 2.24) is 9.97 Å². The lowest BCUT2D eigenvalue weighted by Gasteiger charge is -2.34. The SMILES string of the molecule is CCC(C(=O)OCc1ccccc1)N1C(=O)COc2ccc(-c3nc(-c4ccccn4)sc3C)cc21. The first kappa shape index (κ1) is 23.7. The third kappa shape index (κ3) is 4.72. The number of pyridine rings is 1. The van der Waals surface area contributed by atoms with E-state index in [9.17, 15) is 9.59 Å². The van der Waals surface area contributed by atoms with Crippen molar-refractivity contribution in [3.8, 4) is 27.7 Å². The van der Waals surface area contributed by atoms with E-state index in [1.165, 1.54) is 4.90 Å². The van der Waals surface area contributed by atoms with Crippen molar-refractivity contribution in [2.24, 2.45) is 0 Å². The molecule has 8 heteroatoms. The van der Waals surface area contributed by atoms with E-state index in [0.29, 0.717) is 17.9 Å². The van der Waals surface area contributed by atoms with Gasteiger partial charge < -0.3 is 9.47 Å². The van der Waals surface area contributed by atoms with Crippen LogP contribution in [0.1, 0.15) is 23.8 Å². The summed E-state index contributed by atoms with van der Waals surface area (Å²) in [4.78, 5) is 37.9. The maximum atomic E-state index is 13.1. The topological polar surface area (TPSA) is 81.6 Å². The molecule has 0 aliphatic carbocycles. The second kappa shape index (κ2) is 10.3. The number of amides is 1. The van der Waals surface area contributed by atoms with E-state index in [4.69, 9.17) is 14.5 Å². The summed E-state index contributed by atoms with van der Waals surface area (Å²) in [5.74, 6) is -0.187. The summed E-state index contributed by atoms with van der Waals surface area (Å²) in [7, 11) is 0. The molecule has 1 aliphatic rings. The van der Waals surface area contributed by atoms with Gasteiger partial charge in [-0.15, -0.1) is 11.3 Å². The number of nitrogens with zero attached hydrogens (tertiary/aromatic N) is 3. The molecule has 0 spiro atoms. The van der Waals surface area contributed by atoms with Gasteiger partial charge in [0.15, 0.2) is 6.61 Å². The van der Waals surface area contributed by atoms with Crippen molar-refractivity contribution in [2.75, 3.05) is 11.5 Å². The molecule has 7 nitrogen and oxygen atoms in total. The Bertz CT molecular complexity index is 1390. The molecule has 1 unspecified atom stereocenters. The number of hydrogen-bond donors (Lipinski definition) is 0. The molecule has 0 saturated carbocycles. The fraction of sp³-hybridized carbons (Fsp3) is 0.214. The molecule has 5 rings (SSSR count). The van der Waals surface area contributed by atoms with Crippen LogP contribution < -0.4 is 9.64 Å². The maximum absolute atomic E-state index is 13.1. The number of rotatable bonds is 7. The zero-order valence-electron chi connectivity index (χ0n) is 20.0. The summed E-state index contributed by atoms with van der Waals surface area (Å²) in [5.41, 5.74) is 3.88. The van der Waals surface area contributed by atoms with Gasteiger partial charge in [0.1, 0.15) is 23.4 Å². The van der Waals surface area contributed by atoms with Gasteiger partial charge in [-0.3, -0.25) is 14.7 Å². The van der Waals surface area contributed by atoms with Gasteiger partial charge in [0.2, 0.25) is 0 Å². The summed E-state index contributed by atoms with van der Waals surface area (Å²) >= 11 is 1.56. The summed E-state index contributed by atoms with van der Waals surface area (Å²) in [6.07, 6.45) is 2.15. The largest absolute Gasteiger partial charge is 0.482 e. The molecule has 0 fully saturated rings. The molecule has 0 N–H and O–H groups in total. The quantitative estimate of drug-likeness (QED) is 0.316. The van der Waals surface area contributed by atoms with E-state index >= 15 is 0 Å². The van der Waals surface area contributed by atoms with Gasteiger partial charge in [-0.25, -0.2) is 9.78 Å². The third-order valence-electron chi connectivity index (χ3n) is 5.99. The van der Waals surface area contributed by atoms with Crippen LogP contribution in [0.25, 0.3) is 22.0 Å². The van der Waals surface area contributed by atoms with Crippen LogP contribution in [0.3, 0.4) is 0 Å². The average Bonchev–Trinajstić information content (AvgIpc) is 3.31. The molecule has 3 heterocycles. The monoisotopic (exact) mass is 499 g/mol. The van der Waals surface area contributed by atoms with Crippen molar-refractivity contribution in [3.63, 3.8) is 0 Å². The molecule has 36 heavy (non-hydrogen) atoms. The van der Waals surface area contributed by atoms with Crippen LogP contribution >= 0.6 is 11.3 Å². The Morgan fingerprint density at radius 1 is 1.14 bits per heavy atom. The van der Waals surface area contributed by atoms with Crippen LogP contribution in [-0.2, 0) is 20.9 Å². The normalized spacial score (nSPS) is 13.6. The van der Waals surface area contributed by atoms with E-state index in [1.807, 2.05) is 80.6 Å². The first-order valence-electron chi connectivity index (χ1n) is 11.7.